The minimum Gasteiger partial charge on any atom is -0.0587 e. The highest BCUT2D eigenvalue weighted by Gasteiger charge is 1.97. The van der Waals surface area contributed by atoms with Gasteiger partial charge < -0.3 is 0 Å². The van der Waals surface area contributed by atoms with E-state index in [2.05, 4.69) is 108 Å². The van der Waals surface area contributed by atoms with Crippen molar-refractivity contribution in [1.29, 1.82) is 0 Å². The zero-order chi connectivity index (χ0) is 15.4. The van der Waals surface area contributed by atoms with E-state index in [9.17, 15) is 0 Å². The van der Waals surface area contributed by atoms with Crippen LogP contribution in [0.15, 0.2) is 77.3 Å². The molecule has 22 heavy (non-hydrogen) atoms. The maximum atomic E-state index is 3.45. The topological polar surface area (TPSA) is 0 Å². The van der Waals surface area contributed by atoms with Crippen LogP contribution in [0.3, 0.4) is 0 Å². The number of halogens is 1. The van der Waals surface area contributed by atoms with Crippen LogP contribution in [0.4, 0.5) is 0 Å². The van der Waals surface area contributed by atoms with Gasteiger partial charge in [-0.15, -0.1) is 0 Å². The van der Waals surface area contributed by atoms with Crippen molar-refractivity contribution in [3.05, 3.63) is 94.0 Å². The molecule has 0 radical (unpaired) electrons. The van der Waals surface area contributed by atoms with E-state index < -0.39 is 0 Å². The van der Waals surface area contributed by atoms with Gasteiger partial charge in [-0.3, -0.25) is 0 Å². The summed E-state index contributed by atoms with van der Waals surface area (Å²) in [6.07, 6.45) is 4.27. The van der Waals surface area contributed by atoms with Gasteiger partial charge in [-0.1, -0.05) is 94.3 Å². The summed E-state index contributed by atoms with van der Waals surface area (Å²) in [5, 5.41) is 0. The second-order valence-corrected chi connectivity index (χ2v) is 6.29. The van der Waals surface area contributed by atoms with Crippen LogP contribution in [0.2, 0.25) is 0 Å². The van der Waals surface area contributed by atoms with Gasteiger partial charge in [0.1, 0.15) is 0 Å². The molecule has 0 heterocycles. The lowest BCUT2D eigenvalue weighted by atomic mass is 10.0. The fourth-order valence-electron chi connectivity index (χ4n) is 2.30. The quantitative estimate of drug-likeness (QED) is 0.468. The van der Waals surface area contributed by atoms with Crippen LogP contribution in [-0.2, 0) is 0 Å². The van der Waals surface area contributed by atoms with E-state index in [0.29, 0.717) is 0 Å². The maximum Gasteiger partial charge on any atom is 0.0175 e. The van der Waals surface area contributed by atoms with Crippen molar-refractivity contribution in [2.24, 2.45) is 0 Å². The van der Waals surface area contributed by atoms with Crippen LogP contribution in [0.25, 0.3) is 23.3 Å². The van der Waals surface area contributed by atoms with Gasteiger partial charge in [0.15, 0.2) is 0 Å². The SMILES string of the molecule is Cc1ccc(-c2ccc(/C=C/c3ccc(Br)cc3)cc2)cc1. The van der Waals surface area contributed by atoms with E-state index in [-0.39, 0.29) is 0 Å². The summed E-state index contributed by atoms with van der Waals surface area (Å²) in [6.45, 7) is 2.11. The van der Waals surface area contributed by atoms with Crippen molar-refractivity contribution in [2.45, 2.75) is 6.92 Å². The maximum absolute atomic E-state index is 3.45. The van der Waals surface area contributed by atoms with Gasteiger partial charge in [-0.2, -0.15) is 0 Å². The number of hydrogen-bond acceptors (Lipinski definition) is 0. The van der Waals surface area contributed by atoms with E-state index in [1.165, 1.54) is 27.8 Å². The molecular weight excluding hydrogens is 332 g/mol. The van der Waals surface area contributed by atoms with Gasteiger partial charge >= 0.3 is 0 Å². The van der Waals surface area contributed by atoms with Crippen LogP contribution in [0, 0.1) is 6.92 Å². The molecule has 0 saturated carbocycles. The minimum atomic E-state index is 1.10. The zero-order valence-electron chi connectivity index (χ0n) is 12.5. The highest BCUT2D eigenvalue weighted by molar-refractivity contribution is 9.10. The van der Waals surface area contributed by atoms with E-state index in [1.807, 2.05) is 0 Å². The molecule has 3 rings (SSSR count). The number of rotatable bonds is 3. The molecule has 0 unspecified atom stereocenters. The van der Waals surface area contributed by atoms with Crippen molar-refractivity contribution >= 4 is 28.1 Å². The first-order valence-corrected chi connectivity index (χ1v) is 8.11. The molecule has 3 aromatic rings. The van der Waals surface area contributed by atoms with Crippen LogP contribution in [-0.4, -0.2) is 0 Å². The van der Waals surface area contributed by atoms with Crippen LogP contribution < -0.4 is 0 Å². The Hall–Kier alpha value is -2.12. The van der Waals surface area contributed by atoms with E-state index >= 15 is 0 Å². The molecule has 0 fully saturated rings. The Kier molecular flexibility index (Phi) is 4.55. The predicted molar refractivity (Wildman–Crippen MR) is 99.7 cm³/mol. The second kappa shape index (κ2) is 6.76. The molecule has 0 atom stereocenters. The molecule has 3 aromatic carbocycles. The molecule has 0 aliphatic heterocycles. The largest absolute Gasteiger partial charge is 0.0587 e. The summed E-state index contributed by atoms with van der Waals surface area (Å²) in [7, 11) is 0. The fourth-order valence-corrected chi connectivity index (χ4v) is 2.56. The summed E-state index contributed by atoms with van der Waals surface area (Å²) in [5.74, 6) is 0. The van der Waals surface area contributed by atoms with Crippen molar-refractivity contribution in [3.63, 3.8) is 0 Å². The highest BCUT2D eigenvalue weighted by Crippen LogP contribution is 2.21. The average Bonchev–Trinajstić information content (AvgIpc) is 2.56. The van der Waals surface area contributed by atoms with Crippen molar-refractivity contribution < 1.29 is 0 Å². The summed E-state index contributed by atoms with van der Waals surface area (Å²) in [6, 6.07) is 25.6. The number of benzene rings is 3. The number of aryl methyl sites for hydroxylation is 1. The first-order valence-electron chi connectivity index (χ1n) is 7.31. The van der Waals surface area contributed by atoms with Crippen molar-refractivity contribution in [2.75, 3.05) is 0 Å². The molecule has 0 nitrogen and oxygen atoms in total. The van der Waals surface area contributed by atoms with Gasteiger partial charge in [-0.05, 0) is 41.3 Å². The Morgan fingerprint density at radius 2 is 1.00 bits per heavy atom. The van der Waals surface area contributed by atoms with Gasteiger partial charge in [0, 0.05) is 4.47 Å². The fraction of sp³-hybridized carbons (Fsp3) is 0.0476. The van der Waals surface area contributed by atoms with E-state index in [4.69, 9.17) is 0 Å². The van der Waals surface area contributed by atoms with Gasteiger partial charge in [-0.25, -0.2) is 0 Å². The van der Waals surface area contributed by atoms with Crippen LogP contribution in [0.1, 0.15) is 16.7 Å². The molecule has 0 bridgehead atoms. The van der Waals surface area contributed by atoms with E-state index in [1.54, 1.807) is 0 Å². The van der Waals surface area contributed by atoms with Crippen LogP contribution >= 0.6 is 15.9 Å². The second-order valence-electron chi connectivity index (χ2n) is 5.37. The lowest BCUT2D eigenvalue weighted by Crippen LogP contribution is -1.79. The third-order valence-electron chi connectivity index (χ3n) is 3.63. The molecular formula is C21H17Br. The Morgan fingerprint density at radius 3 is 1.50 bits per heavy atom. The van der Waals surface area contributed by atoms with Gasteiger partial charge in [0.25, 0.3) is 0 Å². The monoisotopic (exact) mass is 348 g/mol. The minimum absolute atomic E-state index is 1.10. The van der Waals surface area contributed by atoms with Crippen molar-refractivity contribution in [1.82, 2.24) is 0 Å². The lowest BCUT2D eigenvalue weighted by molar-refractivity contribution is 1.47. The smallest absolute Gasteiger partial charge is 0.0175 e. The molecule has 108 valence electrons. The van der Waals surface area contributed by atoms with Crippen molar-refractivity contribution in [3.8, 4) is 11.1 Å². The molecule has 0 aliphatic carbocycles. The zero-order valence-corrected chi connectivity index (χ0v) is 14.0. The molecule has 0 aliphatic rings. The molecule has 0 N–H and O–H groups in total. The summed E-state index contributed by atoms with van der Waals surface area (Å²) in [4.78, 5) is 0. The first-order chi connectivity index (χ1) is 10.7. The molecule has 0 aromatic heterocycles. The highest BCUT2D eigenvalue weighted by atomic mass is 79.9. The Bertz CT molecular complexity index is 764. The van der Waals surface area contributed by atoms with E-state index in [0.717, 1.165) is 4.47 Å². The summed E-state index contributed by atoms with van der Waals surface area (Å²) < 4.78 is 1.10. The standard InChI is InChI=1S/C21H17Br/c1-16-2-10-19(11-3-16)20-12-6-17(7-13-20)4-5-18-8-14-21(22)15-9-18/h2-15H,1H3/b5-4+. The molecule has 0 amide bonds. The molecule has 0 spiro atoms. The number of hydrogen-bond donors (Lipinski definition) is 0. The average molecular weight is 349 g/mol. The van der Waals surface area contributed by atoms with Gasteiger partial charge in [0.2, 0.25) is 0 Å². The Balaban J connectivity index is 1.76. The summed E-state index contributed by atoms with van der Waals surface area (Å²) in [5.41, 5.74) is 6.21. The third kappa shape index (κ3) is 3.75. The Morgan fingerprint density at radius 1 is 0.591 bits per heavy atom. The summed E-state index contributed by atoms with van der Waals surface area (Å²) >= 11 is 3.45. The van der Waals surface area contributed by atoms with Gasteiger partial charge in [0.05, 0.1) is 0 Å². The predicted octanol–water partition coefficient (Wildman–Crippen LogP) is 6.59. The Labute approximate surface area is 140 Å². The third-order valence-corrected chi connectivity index (χ3v) is 4.16. The lowest BCUT2D eigenvalue weighted by Gasteiger charge is -2.03. The normalized spacial score (nSPS) is 11.0. The first kappa shape index (κ1) is 14.8. The molecule has 0 saturated heterocycles. The van der Waals surface area contributed by atoms with Crippen LogP contribution in [0.5, 0.6) is 0 Å². The molecule has 1 heteroatoms.